The van der Waals surface area contributed by atoms with Crippen molar-refractivity contribution in [3.63, 3.8) is 0 Å². The molecule has 7 nitrogen and oxygen atoms in total. The van der Waals surface area contributed by atoms with Crippen LogP contribution in [-0.2, 0) is 9.53 Å². The number of ether oxygens (including phenoxy) is 1. The minimum Gasteiger partial charge on any atom is -0.452 e. The summed E-state index contributed by atoms with van der Waals surface area (Å²) >= 11 is 0.298. The van der Waals surface area contributed by atoms with Crippen molar-refractivity contribution in [1.82, 2.24) is 5.32 Å². The van der Waals surface area contributed by atoms with Gasteiger partial charge < -0.3 is 20.7 Å². The molecule has 0 aliphatic carbocycles. The highest BCUT2D eigenvalue weighted by atomic mass is 32.2. The molecule has 0 radical (unpaired) electrons. The number of esters is 1. The number of amides is 3. The Hall–Kier alpha value is -3.14. The molecule has 0 aromatic heterocycles. The first-order valence-corrected chi connectivity index (χ1v) is 9.81. The van der Waals surface area contributed by atoms with Crippen molar-refractivity contribution >= 4 is 41.0 Å². The van der Waals surface area contributed by atoms with Crippen LogP contribution in [0, 0.1) is 0 Å². The predicted molar refractivity (Wildman–Crippen MR) is 111 cm³/mol. The summed E-state index contributed by atoms with van der Waals surface area (Å²) in [7, 11) is 0. The lowest BCUT2D eigenvalue weighted by molar-refractivity contribution is -0.119. The van der Waals surface area contributed by atoms with Gasteiger partial charge in [-0.1, -0.05) is 36.0 Å². The number of halogens is 2. The first kappa shape index (κ1) is 23.1. The van der Waals surface area contributed by atoms with Crippen molar-refractivity contribution in [3.05, 3.63) is 54.1 Å². The Morgan fingerprint density at radius 3 is 2.27 bits per heavy atom. The van der Waals surface area contributed by atoms with Crippen molar-refractivity contribution in [1.29, 1.82) is 0 Å². The van der Waals surface area contributed by atoms with Crippen molar-refractivity contribution in [2.24, 2.45) is 0 Å². The van der Waals surface area contributed by atoms with Gasteiger partial charge in [0.2, 0.25) is 0 Å². The first-order valence-electron chi connectivity index (χ1n) is 8.93. The number of nitrogens with one attached hydrogen (secondary N) is 3. The van der Waals surface area contributed by atoms with E-state index in [0.29, 0.717) is 11.8 Å². The number of para-hydroxylation sites is 2. The van der Waals surface area contributed by atoms with Crippen molar-refractivity contribution in [2.45, 2.75) is 30.5 Å². The highest BCUT2D eigenvalue weighted by molar-refractivity contribution is 7.99. The second-order valence-electron chi connectivity index (χ2n) is 6.30. The zero-order valence-electron chi connectivity index (χ0n) is 16.3. The lowest BCUT2D eigenvalue weighted by Gasteiger charge is -2.13. The van der Waals surface area contributed by atoms with Crippen LogP contribution >= 0.6 is 11.8 Å². The molecule has 30 heavy (non-hydrogen) atoms. The minimum absolute atomic E-state index is 0.0675. The number of thioether (sulfide) groups is 1. The Labute approximate surface area is 176 Å². The highest BCUT2D eigenvalue weighted by Crippen LogP contribution is 2.31. The molecule has 0 aliphatic heterocycles. The molecule has 0 bridgehead atoms. The fraction of sp³-hybridized carbons (Fsp3) is 0.250. The molecule has 3 amide bonds. The average molecular weight is 437 g/mol. The zero-order chi connectivity index (χ0) is 22.1. The van der Waals surface area contributed by atoms with E-state index in [1.54, 1.807) is 38.1 Å². The van der Waals surface area contributed by atoms with Gasteiger partial charge in [0.05, 0.1) is 16.9 Å². The van der Waals surface area contributed by atoms with Crippen LogP contribution in [0.4, 0.5) is 25.0 Å². The minimum atomic E-state index is -2.64. The van der Waals surface area contributed by atoms with E-state index < -0.39 is 30.3 Å². The number of alkyl halides is 2. The van der Waals surface area contributed by atoms with Gasteiger partial charge in [-0.15, -0.1) is 0 Å². The second kappa shape index (κ2) is 11.1. The van der Waals surface area contributed by atoms with Crippen LogP contribution in [0.25, 0.3) is 0 Å². The Kier molecular flexibility index (Phi) is 8.60. The van der Waals surface area contributed by atoms with E-state index >= 15 is 0 Å². The van der Waals surface area contributed by atoms with Crippen LogP contribution in [0.15, 0.2) is 53.4 Å². The summed E-state index contributed by atoms with van der Waals surface area (Å²) in [5.74, 6) is -4.15. The molecule has 0 aliphatic rings. The Bertz CT molecular complexity index is 909. The average Bonchev–Trinajstić information content (AvgIpc) is 2.67. The van der Waals surface area contributed by atoms with Gasteiger partial charge in [-0.2, -0.15) is 8.78 Å². The fourth-order valence-corrected chi connectivity index (χ4v) is 2.95. The molecule has 2 aromatic carbocycles. The zero-order valence-corrected chi connectivity index (χ0v) is 17.1. The van der Waals surface area contributed by atoms with Crippen molar-refractivity contribution in [2.75, 3.05) is 17.2 Å². The molecule has 0 saturated carbocycles. The third-order valence-corrected chi connectivity index (χ3v) is 4.31. The normalized spacial score (nSPS) is 10.6. The van der Waals surface area contributed by atoms with Gasteiger partial charge in [-0.25, -0.2) is 9.59 Å². The Morgan fingerprint density at radius 1 is 0.967 bits per heavy atom. The van der Waals surface area contributed by atoms with Gasteiger partial charge in [0.1, 0.15) is 0 Å². The Morgan fingerprint density at radius 2 is 1.60 bits per heavy atom. The number of carbonyl (C=O) groups excluding carboxylic acids is 3. The van der Waals surface area contributed by atoms with Gasteiger partial charge in [0, 0.05) is 10.9 Å². The van der Waals surface area contributed by atoms with E-state index in [2.05, 4.69) is 16.0 Å². The smallest absolute Gasteiger partial charge is 0.340 e. The maximum atomic E-state index is 12.6. The summed E-state index contributed by atoms with van der Waals surface area (Å²) in [4.78, 5) is 36.5. The SMILES string of the molecule is CC(C)NC(=O)Nc1ccccc1C(=O)OCC(=O)Nc1ccccc1SC(F)F. The third kappa shape index (κ3) is 7.36. The number of rotatable bonds is 8. The molecule has 0 heterocycles. The molecule has 10 heteroatoms. The second-order valence-corrected chi connectivity index (χ2v) is 7.33. The number of hydrogen-bond acceptors (Lipinski definition) is 5. The van der Waals surface area contributed by atoms with Crippen LogP contribution in [0.3, 0.4) is 0 Å². The van der Waals surface area contributed by atoms with Crippen LogP contribution in [0.2, 0.25) is 0 Å². The van der Waals surface area contributed by atoms with E-state index in [9.17, 15) is 23.2 Å². The van der Waals surface area contributed by atoms with E-state index in [-0.39, 0.29) is 27.9 Å². The van der Waals surface area contributed by atoms with Gasteiger partial charge >= 0.3 is 12.0 Å². The summed E-state index contributed by atoms with van der Waals surface area (Å²) in [6, 6.07) is 11.7. The summed E-state index contributed by atoms with van der Waals surface area (Å²) in [6.45, 7) is 2.95. The number of urea groups is 1. The van der Waals surface area contributed by atoms with Gasteiger partial charge in [-0.3, -0.25) is 4.79 Å². The molecule has 0 saturated heterocycles. The van der Waals surface area contributed by atoms with Crippen LogP contribution in [-0.4, -0.2) is 36.3 Å². The standard InChI is InChI=1S/C20H21F2N3O4S/c1-12(2)23-20(28)25-14-8-4-3-7-13(14)18(27)29-11-17(26)24-15-9-5-6-10-16(15)30-19(21)22/h3-10,12,19H,11H2,1-2H3,(H,24,26)(H2,23,25,28). The summed E-state index contributed by atoms with van der Waals surface area (Å²) in [6.07, 6.45) is 0. The highest BCUT2D eigenvalue weighted by Gasteiger charge is 2.17. The van der Waals surface area contributed by atoms with Crippen LogP contribution in [0.5, 0.6) is 0 Å². The molecule has 2 aromatic rings. The molecule has 0 atom stereocenters. The van der Waals surface area contributed by atoms with Gasteiger partial charge in [0.25, 0.3) is 11.7 Å². The molecular formula is C20H21F2N3O4S. The lowest BCUT2D eigenvalue weighted by Crippen LogP contribution is -2.34. The summed E-state index contributed by atoms with van der Waals surface area (Å²) in [5.41, 5.74) is 0.480. The molecule has 2 rings (SSSR count). The third-order valence-electron chi connectivity index (χ3n) is 3.53. The number of benzene rings is 2. The molecule has 160 valence electrons. The number of hydrogen-bond donors (Lipinski definition) is 3. The maximum absolute atomic E-state index is 12.6. The van der Waals surface area contributed by atoms with E-state index in [1.807, 2.05) is 0 Å². The lowest BCUT2D eigenvalue weighted by atomic mass is 10.2. The fourth-order valence-electron chi connectivity index (χ4n) is 2.35. The molecule has 0 unspecified atom stereocenters. The Balaban J connectivity index is 1.98. The van der Waals surface area contributed by atoms with Crippen LogP contribution in [0.1, 0.15) is 24.2 Å². The summed E-state index contributed by atoms with van der Waals surface area (Å²) in [5, 5.41) is 7.62. The monoisotopic (exact) mass is 437 g/mol. The quantitative estimate of drug-likeness (QED) is 0.422. The number of anilines is 2. The topological polar surface area (TPSA) is 96.5 Å². The maximum Gasteiger partial charge on any atom is 0.340 e. The predicted octanol–water partition coefficient (Wildman–Crippen LogP) is 4.33. The first-order chi connectivity index (χ1) is 14.3. The molecular weight excluding hydrogens is 416 g/mol. The largest absolute Gasteiger partial charge is 0.452 e. The molecule has 0 spiro atoms. The van der Waals surface area contributed by atoms with E-state index in [4.69, 9.17) is 4.74 Å². The molecule has 3 N–H and O–H groups in total. The van der Waals surface area contributed by atoms with Gasteiger partial charge in [-0.05, 0) is 38.1 Å². The molecule has 0 fully saturated rings. The number of carbonyl (C=O) groups is 3. The summed E-state index contributed by atoms with van der Waals surface area (Å²) < 4.78 is 30.3. The van der Waals surface area contributed by atoms with E-state index in [1.165, 1.54) is 24.3 Å². The van der Waals surface area contributed by atoms with Crippen LogP contribution < -0.4 is 16.0 Å². The van der Waals surface area contributed by atoms with E-state index in [0.717, 1.165) is 0 Å². The van der Waals surface area contributed by atoms with Crippen molar-refractivity contribution in [3.8, 4) is 0 Å². The van der Waals surface area contributed by atoms with Crippen molar-refractivity contribution < 1.29 is 27.9 Å². The van der Waals surface area contributed by atoms with Gasteiger partial charge in [0.15, 0.2) is 6.61 Å².